The number of rotatable bonds is 4. The lowest BCUT2D eigenvalue weighted by molar-refractivity contribution is -0.394. The maximum atomic E-state index is 11.1. The third-order valence-corrected chi connectivity index (χ3v) is 3.84. The van der Waals surface area contributed by atoms with Gasteiger partial charge in [-0.25, -0.2) is 0 Å². The number of hydrogen-bond donors (Lipinski definition) is 0. The predicted molar refractivity (Wildman–Crippen MR) is 91.5 cm³/mol. The van der Waals surface area contributed by atoms with Gasteiger partial charge in [0.2, 0.25) is 5.75 Å². The molecule has 0 N–H and O–H groups in total. The number of halogens is 1. The predicted octanol–water partition coefficient (Wildman–Crippen LogP) is 5.21. The molecular formula is C16H9BrN2O5. The quantitative estimate of drug-likeness (QED) is 0.451. The summed E-state index contributed by atoms with van der Waals surface area (Å²) in [5.41, 5.74) is -0.822. The summed E-state index contributed by atoms with van der Waals surface area (Å²) in [7, 11) is 0. The molecule has 0 amide bonds. The van der Waals surface area contributed by atoms with Crippen molar-refractivity contribution in [1.82, 2.24) is 0 Å². The van der Waals surface area contributed by atoms with Gasteiger partial charge in [-0.3, -0.25) is 20.2 Å². The molecule has 0 heterocycles. The van der Waals surface area contributed by atoms with E-state index in [1.807, 2.05) is 24.3 Å². The maximum Gasteiger partial charge on any atom is 0.318 e. The zero-order valence-corrected chi connectivity index (χ0v) is 13.6. The van der Waals surface area contributed by atoms with Gasteiger partial charge < -0.3 is 4.74 Å². The third-order valence-electron chi connectivity index (χ3n) is 3.35. The first-order valence-electron chi connectivity index (χ1n) is 6.74. The Balaban J connectivity index is 2.00. The van der Waals surface area contributed by atoms with Crippen LogP contribution in [0.15, 0.2) is 59.1 Å². The normalized spacial score (nSPS) is 10.5. The number of hydrogen-bond acceptors (Lipinski definition) is 5. The number of nitro groups is 2. The summed E-state index contributed by atoms with van der Waals surface area (Å²) in [6, 6.07) is 14.2. The van der Waals surface area contributed by atoms with Gasteiger partial charge in [0.25, 0.3) is 5.69 Å². The van der Waals surface area contributed by atoms with E-state index < -0.39 is 15.5 Å². The number of non-ortho nitro benzene ring substituents is 1. The summed E-state index contributed by atoms with van der Waals surface area (Å²) in [6.07, 6.45) is 0. The molecule has 0 aliphatic carbocycles. The Morgan fingerprint density at radius 3 is 2.25 bits per heavy atom. The molecule has 3 rings (SSSR count). The molecule has 0 saturated carbocycles. The molecule has 0 bridgehead atoms. The highest BCUT2D eigenvalue weighted by Gasteiger charge is 2.21. The Morgan fingerprint density at radius 2 is 1.54 bits per heavy atom. The largest absolute Gasteiger partial charge is 0.450 e. The topological polar surface area (TPSA) is 95.5 Å². The molecule has 120 valence electrons. The van der Waals surface area contributed by atoms with Crippen LogP contribution in [0.25, 0.3) is 10.8 Å². The summed E-state index contributed by atoms with van der Waals surface area (Å²) in [4.78, 5) is 20.5. The maximum absolute atomic E-state index is 11.1. The lowest BCUT2D eigenvalue weighted by atomic mass is 10.1. The van der Waals surface area contributed by atoms with E-state index in [2.05, 4.69) is 15.9 Å². The van der Waals surface area contributed by atoms with Crippen LogP contribution in [0.3, 0.4) is 0 Å². The molecule has 0 fully saturated rings. The van der Waals surface area contributed by atoms with E-state index >= 15 is 0 Å². The van der Waals surface area contributed by atoms with Crippen LogP contribution in [-0.4, -0.2) is 9.85 Å². The molecule has 0 unspecified atom stereocenters. The molecular weight excluding hydrogens is 380 g/mol. The van der Waals surface area contributed by atoms with Crippen molar-refractivity contribution in [3.8, 4) is 11.5 Å². The van der Waals surface area contributed by atoms with Crippen LogP contribution in [0.1, 0.15) is 0 Å². The first kappa shape index (κ1) is 15.9. The zero-order chi connectivity index (χ0) is 17.3. The highest BCUT2D eigenvalue weighted by atomic mass is 79.9. The van der Waals surface area contributed by atoms with E-state index in [0.29, 0.717) is 5.75 Å². The first-order chi connectivity index (χ1) is 11.4. The fraction of sp³-hybridized carbons (Fsp3) is 0. The number of nitrogens with zero attached hydrogens (tertiary/aromatic N) is 2. The fourth-order valence-corrected chi connectivity index (χ4v) is 2.61. The van der Waals surface area contributed by atoms with Crippen LogP contribution in [0.4, 0.5) is 11.4 Å². The molecule has 3 aromatic rings. The second kappa shape index (κ2) is 6.25. The second-order valence-corrected chi connectivity index (χ2v) is 5.84. The molecule has 8 heteroatoms. The summed E-state index contributed by atoms with van der Waals surface area (Å²) in [6.45, 7) is 0. The minimum atomic E-state index is -0.708. The summed E-state index contributed by atoms with van der Waals surface area (Å²) in [5, 5.41) is 23.8. The van der Waals surface area contributed by atoms with Crippen molar-refractivity contribution in [2.45, 2.75) is 0 Å². The Kier molecular flexibility index (Phi) is 4.13. The van der Waals surface area contributed by atoms with Crippen LogP contribution in [0.2, 0.25) is 0 Å². The van der Waals surface area contributed by atoms with Crippen molar-refractivity contribution >= 4 is 38.1 Å². The molecule has 7 nitrogen and oxygen atoms in total. The smallest absolute Gasteiger partial charge is 0.318 e. The Morgan fingerprint density at radius 1 is 0.833 bits per heavy atom. The van der Waals surface area contributed by atoms with Crippen molar-refractivity contribution in [2.75, 3.05) is 0 Å². The highest BCUT2D eigenvalue weighted by molar-refractivity contribution is 9.10. The van der Waals surface area contributed by atoms with Gasteiger partial charge in [0.15, 0.2) is 0 Å². The lowest BCUT2D eigenvalue weighted by Gasteiger charge is -2.07. The van der Waals surface area contributed by atoms with Gasteiger partial charge in [-0.15, -0.1) is 0 Å². The molecule has 0 radical (unpaired) electrons. The van der Waals surface area contributed by atoms with Gasteiger partial charge in [0.1, 0.15) is 5.75 Å². The van der Waals surface area contributed by atoms with Gasteiger partial charge in [-0.05, 0) is 41.1 Å². The average Bonchev–Trinajstić information content (AvgIpc) is 2.55. The highest BCUT2D eigenvalue weighted by Crippen LogP contribution is 2.35. The van der Waals surface area contributed by atoms with Gasteiger partial charge in [0, 0.05) is 10.5 Å². The lowest BCUT2D eigenvalue weighted by Crippen LogP contribution is -1.96. The zero-order valence-electron chi connectivity index (χ0n) is 12.0. The molecule has 0 spiro atoms. The third kappa shape index (κ3) is 3.18. The number of ether oxygens (including phenoxy) is 1. The minimum Gasteiger partial charge on any atom is -0.450 e. The van der Waals surface area contributed by atoms with Gasteiger partial charge in [-0.2, -0.15) is 0 Å². The number of nitro benzene ring substituents is 2. The van der Waals surface area contributed by atoms with Crippen LogP contribution < -0.4 is 4.74 Å². The van der Waals surface area contributed by atoms with E-state index in [-0.39, 0.29) is 11.4 Å². The Bertz CT molecular complexity index is 974. The second-order valence-electron chi connectivity index (χ2n) is 4.92. The Hall–Kier alpha value is -3.00. The van der Waals surface area contributed by atoms with Crippen LogP contribution in [0, 0.1) is 20.2 Å². The minimum absolute atomic E-state index is 0.0536. The first-order valence-corrected chi connectivity index (χ1v) is 7.53. The average molecular weight is 389 g/mol. The number of benzene rings is 3. The fourth-order valence-electron chi connectivity index (χ4n) is 2.23. The van der Waals surface area contributed by atoms with E-state index in [1.54, 1.807) is 12.1 Å². The molecule has 0 atom stereocenters. The molecule has 24 heavy (non-hydrogen) atoms. The summed E-state index contributed by atoms with van der Waals surface area (Å²) in [5.74, 6) is 0.351. The van der Waals surface area contributed by atoms with Gasteiger partial charge >= 0.3 is 5.69 Å². The molecule has 0 aromatic heterocycles. The van der Waals surface area contributed by atoms with Gasteiger partial charge in [0.05, 0.1) is 15.9 Å². The molecule has 0 aliphatic heterocycles. The van der Waals surface area contributed by atoms with Crippen LogP contribution in [0.5, 0.6) is 11.5 Å². The van der Waals surface area contributed by atoms with Crippen molar-refractivity contribution in [2.24, 2.45) is 0 Å². The molecule has 3 aromatic carbocycles. The van der Waals surface area contributed by atoms with Crippen molar-refractivity contribution < 1.29 is 14.6 Å². The van der Waals surface area contributed by atoms with Crippen molar-refractivity contribution in [3.63, 3.8) is 0 Å². The molecule has 0 aliphatic rings. The van der Waals surface area contributed by atoms with E-state index in [4.69, 9.17) is 4.74 Å². The van der Waals surface area contributed by atoms with Crippen molar-refractivity contribution in [3.05, 3.63) is 79.3 Å². The number of fused-ring (bicyclic) bond motifs is 1. The van der Waals surface area contributed by atoms with Crippen LogP contribution >= 0.6 is 15.9 Å². The standard InChI is InChI=1S/C16H9BrN2O5/c17-12-3-1-11-8-14(5-2-10(11)7-12)24-16-6-4-13(18(20)21)9-15(16)19(22)23/h1-9H. The summed E-state index contributed by atoms with van der Waals surface area (Å²) < 4.78 is 6.51. The van der Waals surface area contributed by atoms with E-state index in [9.17, 15) is 20.2 Å². The van der Waals surface area contributed by atoms with E-state index in [1.165, 1.54) is 12.1 Å². The Labute approximate surface area is 143 Å². The van der Waals surface area contributed by atoms with E-state index in [0.717, 1.165) is 21.3 Å². The van der Waals surface area contributed by atoms with Gasteiger partial charge in [-0.1, -0.05) is 28.1 Å². The van der Waals surface area contributed by atoms with Crippen LogP contribution in [-0.2, 0) is 0 Å². The molecule has 0 saturated heterocycles. The monoisotopic (exact) mass is 388 g/mol. The van der Waals surface area contributed by atoms with Crippen molar-refractivity contribution in [1.29, 1.82) is 0 Å². The summed E-state index contributed by atoms with van der Waals surface area (Å²) >= 11 is 3.39. The SMILES string of the molecule is O=[N+]([O-])c1ccc(Oc2ccc3cc(Br)ccc3c2)c([N+](=O)[O-])c1.